The van der Waals surface area contributed by atoms with Crippen molar-refractivity contribution in [2.45, 2.75) is 25.3 Å². The first-order chi connectivity index (χ1) is 13.1. The molecule has 0 saturated carbocycles. The molecule has 2 aromatic heterocycles. The molecular weight excluding hydrogens is 362 g/mol. The number of thiazole rings is 1. The van der Waals surface area contributed by atoms with Crippen LogP contribution >= 0.6 is 11.3 Å². The molecule has 0 unspecified atom stereocenters. The average molecular weight is 383 g/mol. The molecule has 3 heterocycles. The largest absolute Gasteiger partial charge is 0.478 e. The Morgan fingerprint density at radius 1 is 1.33 bits per heavy atom. The minimum absolute atomic E-state index is 0.267. The highest BCUT2D eigenvalue weighted by molar-refractivity contribution is 7.13. The summed E-state index contributed by atoms with van der Waals surface area (Å²) in [5.41, 5.74) is 3.04. The van der Waals surface area contributed by atoms with Crippen LogP contribution in [0.5, 0.6) is 0 Å². The van der Waals surface area contributed by atoms with Gasteiger partial charge in [0.05, 0.1) is 23.5 Å². The third kappa shape index (κ3) is 4.06. The van der Waals surface area contributed by atoms with Crippen LogP contribution in [0.25, 0.3) is 10.6 Å². The summed E-state index contributed by atoms with van der Waals surface area (Å²) in [6.45, 7) is 2.76. The number of benzene rings is 1. The van der Waals surface area contributed by atoms with Crippen molar-refractivity contribution in [2.24, 2.45) is 0 Å². The molecule has 1 aliphatic heterocycles. The number of rotatable bonds is 5. The molecular formula is C19H21N5O2S. The van der Waals surface area contributed by atoms with Crippen molar-refractivity contribution < 1.29 is 9.90 Å². The van der Waals surface area contributed by atoms with Crippen LogP contribution in [0.3, 0.4) is 0 Å². The van der Waals surface area contributed by atoms with Gasteiger partial charge in [-0.2, -0.15) is 0 Å². The van der Waals surface area contributed by atoms with Crippen LogP contribution in [-0.4, -0.2) is 56.1 Å². The minimum atomic E-state index is -0.933. The van der Waals surface area contributed by atoms with Crippen LogP contribution in [0, 0.1) is 0 Å². The maximum absolute atomic E-state index is 11.1. The fraction of sp³-hybridized carbons (Fsp3) is 0.368. The summed E-state index contributed by atoms with van der Waals surface area (Å²) in [5, 5.41) is 20.6. The van der Waals surface area contributed by atoms with E-state index in [0.717, 1.165) is 47.9 Å². The van der Waals surface area contributed by atoms with Crippen molar-refractivity contribution in [1.82, 2.24) is 24.9 Å². The number of hydrogen-bond acceptors (Lipinski definition) is 6. The van der Waals surface area contributed by atoms with Crippen molar-refractivity contribution in [3.8, 4) is 10.6 Å². The van der Waals surface area contributed by atoms with Crippen LogP contribution in [0.4, 0.5) is 0 Å². The van der Waals surface area contributed by atoms with E-state index in [-0.39, 0.29) is 5.56 Å². The molecule has 0 amide bonds. The molecule has 0 atom stereocenters. The van der Waals surface area contributed by atoms with Gasteiger partial charge in [0.25, 0.3) is 0 Å². The molecule has 1 N–H and O–H groups in total. The van der Waals surface area contributed by atoms with Crippen LogP contribution < -0.4 is 0 Å². The number of piperidine rings is 1. The van der Waals surface area contributed by atoms with Crippen molar-refractivity contribution in [3.05, 3.63) is 52.8 Å². The molecule has 140 valence electrons. The van der Waals surface area contributed by atoms with Gasteiger partial charge in [-0.25, -0.2) is 14.5 Å². The van der Waals surface area contributed by atoms with Gasteiger partial charge in [-0.15, -0.1) is 16.4 Å². The van der Waals surface area contributed by atoms with Gasteiger partial charge < -0.3 is 10.0 Å². The number of likely N-dealkylation sites (tertiary alicyclic amines) is 1. The zero-order valence-electron chi connectivity index (χ0n) is 15.1. The summed E-state index contributed by atoms with van der Waals surface area (Å²) >= 11 is 1.51. The molecule has 1 aromatic carbocycles. The van der Waals surface area contributed by atoms with Crippen molar-refractivity contribution in [2.75, 3.05) is 20.1 Å². The van der Waals surface area contributed by atoms with Gasteiger partial charge in [0.2, 0.25) is 0 Å². The lowest BCUT2D eigenvalue weighted by atomic mass is 9.94. The molecule has 1 fully saturated rings. The lowest BCUT2D eigenvalue weighted by Gasteiger charge is -2.27. The highest BCUT2D eigenvalue weighted by atomic mass is 32.1. The average Bonchev–Trinajstić information content (AvgIpc) is 3.33. The lowest BCUT2D eigenvalue weighted by molar-refractivity contribution is 0.0697. The number of carbonyl (C=O) groups is 1. The maximum Gasteiger partial charge on any atom is 0.335 e. The second kappa shape index (κ2) is 7.58. The lowest BCUT2D eigenvalue weighted by Crippen LogP contribution is -2.29. The first kappa shape index (κ1) is 17.8. The van der Waals surface area contributed by atoms with Crippen LogP contribution in [0.15, 0.2) is 35.8 Å². The zero-order chi connectivity index (χ0) is 18.8. The first-order valence-electron chi connectivity index (χ1n) is 8.95. The number of aromatic carboxylic acids is 1. The van der Waals surface area contributed by atoms with Crippen LogP contribution in [0.1, 0.15) is 40.5 Å². The molecule has 0 spiro atoms. The Morgan fingerprint density at radius 2 is 2.15 bits per heavy atom. The standard InChI is InChI=1S/C19H21N5O2S/c1-23-7-5-13(6-8-23)17-11-24(22-21-17)10-16-12-27-18(20-16)14-3-2-4-15(9-14)19(25)26/h2-4,9,11-13H,5-8,10H2,1H3,(H,25,26). The Balaban J connectivity index is 1.45. The SMILES string of the molecule is CN1CCC(c2cn(Cc3csc(-c4cccc(C(=O)O)c4)n3)nn2)CC1. The number of nitrogens with zero attached hydrogens (tertiary/aromatic N) is 5. The molecule has 4 rings (SSSR count). The number of aromatic nitrogens is 4. The van der Waals surface area contributed by atoms with E-state index < -0.39 is 5.97 Å². The second-order valence-electron chi connectivity index (χ2n) is 6.95. The van der Waals surface area contributed by atoms with Gasteiger partial charge in [-0.3, -0.25) is 0 Å². The number of carboxylic acid groups (broad SMARTS) is 1. The van der Waals surface area contributed by atoms with E-state index in [9.17, 15) is 4.79 Å². The van der Waals surface area contributed by atoms with Gasteiger partial charge in [0.1, 0.15) is 5.01 Å². The third-order valence-electron chi connectivity index (χ3n) is 4.93. The van der Waals surface area contributed by atoms with Crippen LogP contribution in [0.2, 0.25) is 0 Å². The predicted octanol–water partition coefficient (Wildman–Crippen LogP) is 2.96. The van der Waals surface area contributed by atoms with Crippen LogP contribution in [-0.2, 0) is 6.54 Å². The van der Waals surface area contributed by atoms with E-state index in [0.29, 0.717) is 12.5 Å². The van der Waals surface area contributed by atoms with Gasteiger partial charge in [-0.1, -0.05) is 17.3 Å². The topological polar surface area (TPSA) is 84.1 Å². The Bertz CT molecular complexity index is 943. The highest BCUT2D eigenvalue weighted by Gasteiger charge is 2.21. The summed E-state index contributed by atoms with van der Waals surface area (Å²) in [4.78, 5) is 18.1. The van der Waals surface area contributed by atoms with Gasteiger partial charge in [-0.05, 0) is 45.1 Å². The van der Waals surface area contributed by atoms with E-state index in [2.05, 4.69) is 27.2 Å². The third-order valence-corrected chi connectivity index (χ3v) is 5.87. The van der Waals surface area contributed by atoms with E-state index in [4.69, 9.17) is 5.11 Å². The molecule has 3 aromatic rings. The van der Waals surface area contributed by atoms with Crippen molar-refractivity contribution in [1.29, 1.82) is 0 Å². The first-order valence-corrected chi connectivity index (χ1v) is 9.83. The summed E-state index contributed by atoms with van der Waals surface area (Å²) in [6.07, 6.45) is 4.27. The van der Waals surface area contributed by atoms with Gasteiger partial charge >= 0.3 is 5.97 Å². The fourth-order valence-electron chi connectivity index (χ4n) is 3.35. The summed E-state index contributed by atoms with van der Waals surface area (Å²) in [6, 6.07) is 6.85. The van der Waals surface area contributed by atoms with E-state index in [1.165, 1.54) is 11.3 Å². The smallest absolute Gasteiger partial charge is 0.335 e. The minimum Gasteiger partial charge on any atom is -0.478 e. The van der Waals surface area contributed by atoms with Crippen molar-refractivity contribution >= 4 is 17.3 Å². The molecule has 7 nitrogen and oxygen atoms in total. The Labute approximate surface area is 161 Å². The van der Waals surface area contributed by atoms with Gasteiger partial charge in [0.15, 0.2) is 0 Å². The number of hydrogen-bond donors (Lipinski definition) is 1. The quantitative estimate of drug-likeness (QED) is 0.729. The van der Waals surface area contributed by atoms with E-state index in [1.54, 1.807) is 18.2 Å². The summed E-state index contributed by atoms with van der Waals surface area (Å²) < 4.78 is 1.83. The maximum atomic E-state index is 11.1. The Morgan fingerprint density at radius 3 is 2.93 bits per heavy atom. The summed E-state index contributed by atoms with van der Waals surface area (Å²) in [7, 11) is 2.15. The molecule has 1 saturated heterocycles. The Kier molecular flexibility index (Phi) is 5.00. The molecule has 1 aliphatic rings. The molecule has 27 heavy (non-hydrogen) atoms. The predicted molar refractivity (Wildman–Crippen MR) is 103 cm³/mol. The van der Waals surface area contributed by atoms with Crippen molar-refractivity contribution in [3.63, 3.8) is 0 Å². The zero-order valence-corrected chi connectivity index (χ0v) is 15.9. The molecule has 0 bridgehead atoms. The van der Waals surface area contributed by atoms with E-state index in [1.807, 2.05) is 22.3 Å². The molecule has 8 heteroatoms. The highest BCUT2D eigenvalue weighted by Crippen LogP contribution is 2.27. The molecule has 0 aliphatic carbocycles. The Hall–Kier alpha value is -2.58. The molecule has 0 radical (unpaired) electrons. The fourth-order valence-corrected chi connectivity index (χ4v) is 4.15. The van der Waals surface area contributed by atoms with E-state index >= 15 is 0 Å². The second-order valence-corrected chi connectivity index (χ2v) is 7.81. The number of carboxylic acids is 1. The van der Waals surface area contributed by atoms with Gasteiger partial charge in [0, 0.05) is 23.1 Å². The summed E-state index contributed by atoms with van der Waals surface area (Å²) in [5.74, 6) is -0.447. The monoisotopic (exact) mass is 383 g/mol. The normalized spacial score (nSPS) is 15.9.